The van der Waals surface area contributed by atoms with Crippen molar-refractivity contribution in [1.29, 1.82) is 0 Å². The lowest BCUT2D eigenvalue weighted by Gasteiger charge is -2.58. The van der Waals surface area contributed by atoms with Crippen LogP contribution < -0.4 is 0 Å². The van der Waals surface area contributed by atoms with Crippen molar-refractivity contribution in [2.75, 3.05) is 7.11 Å². The first-order valence-corrected chi connectivity index (χ1v) is 12.6. The highest BCUT2D eigenvalue weighted by Crippen LogP contribution is 2.67. The minimum atomic E-state index is -0.144. The molecular formula is C27H42O4. The molecule has 4 aliphatic carbocycles. The zero-order valence-corrected chi connectivity index (χ0v) is 20.2. The van der Waals surface area contributed by atoms with Crippen molar-refractivity contribution in [1.82, 2.24) is 0 Å². The van der Waals surface area contributed by atoms with E-state index >= 15 is 0 Å². The Bertz CT molecular complexity index is 742. The van der Waals surface area contributed by atoms with E-state index in [-0.39, 0.29) is 23.5 Å². The van der Waals surface area contributed by atoms with Crippen molar-refractivity contribution in [3.8, 4) is 0 Å². The molecule has 0 radical (unpaired) electrons. The van der Waals surface area contributed by atoms with Crippen LogP contribution in [0, 0.1) is 40.4 Å². The highest BCUT2D eigenvalue weighted by Gasteiger charge is 2.59. The number of allylic oxidation sites excluding steroid dienone is 1. The first kappa shape index (κ1) is 22.9. The lowest BCUT2D eigenvalue weighted by molar-refractivity contribution is -0.148. The van der Waals surface area contributed by atoms with E-state index in [1.54, 1.807) is 5.57 Å². The lowest BCUT2D eigenvalue weighted by Crippen LogP contribution is -2.51. The van der Waals surface area contributed by atoms with Crippen LogP contribution in [0.1, 0.15) is 91.9 Å². The molecule has 0 amide bonds. The van der Waals surface area contributed by atoms with E-state index < -0.39 is 0 Å². The molecule has 0 spiro atoms. The molecule has 3 fully saturated rings. The van der Waals surface area contributed by atoms with Gasteiger partial charge in [-0.15, -0.1) is 0 Å². The Morgan fingerprint density at radius 3 is 2.61 bits per heavy atom. The summed E-state index contributed by atoms with van der Waals surface area (Å²) in [5.41, 5.74) is 2.26. The van der Waals surface area contributed by atoms with E-state index in [1.807, 2.05) is 0 Å². The molecule has 4 nitrogen and oxygen atoms in total. The molecule has 0 saturated heterocycles. The number of hydrogen-bond donors (Lipinski definition) is 0. The second-order valence-corrected chi connectivity index (χ2v) is 11.6. The molecule has 0 aliphatic heterocycles. The number of fused-ring (bicyclic) bond motifs is 5. The Morgan fingerprint density at radius 2 is 1.90 bits per heavy atom. The van der Waals surface area contributed by atoms with Crippen LogP contribution in [-0.4, -0.2) is 25.2 Å². The fourth-order valence-electron chi connectivity index (χ4n) is 8.59. The minimum absolute atomic E-state index is 0.0718. The van der Waals surface area contributed by atoms with Gasteiger partial charge in [-0.25, -0.2) is 0 Å². The summed E-state index contributed by atoms with van der Waals surface area (Å²) in [5.74, 6) is 3.45. The second kappa shape index (κ2) is 8.56. The van der Waals surface area contributed by atoms with E-state index in [9.17, 15) is 9.59 Å². The van der Waals surface area contributed by atoms with Gasteiger partial charge in [0.2, 0.25) is 0 Å². The molecule has 4 aliphatic rings. The first-order valence-electron chi connectivity index (χ1n) is 12.6. The fraction of sp³-hybridized carbons (Fsp3) is 0.852. The fourth-order valence-corrected chi connectivity index (χ4v) is 8.59. The molecule has 0 N–H and O–H groups in total. The van der Waals surface area contributed by atoms with Gasteiger partial charge in [-0.1, -0.05) is 32.4 Å². The van der Waals surface area contributed by atoms with Crippen LogP contribution in [0.5, 0.6) is 0 Å². The van der Waals surface area contributed by atoms with E-state index in [1.165, 1.54) is 46.1 Å². The van der Waals surface area contributed by atoms with Crippen LogP contribution in [0.4, 0.5) is 0 Å². The normalized spacial score (nSPS) is 42.5. The SMILES string of the molecule is COC(=O)CC[C@@H](C)[C@H]1CC[C@@H]2[C@@H]3CC=C4C[C@@H](OC(C)=O)CC[C@]4(C)[C@H]3CC[C@@]21C. The predicted molar refractivity (Wildman–Crippen MR) is 121 cm³/mol. The quantitative estimate of drug-likeness (QED) is 0.391. The average Bonchev–Trinajstić information content (AvgIpc) is 3.09. The van der Waals surface area contributed by atoms with Crippen molar-refractivity contribution in [2.24, 2.45) is 40.4 Å². The Morgan fingerprint density at radius 1 is 1.13 bits per heavy atom. The third kappa shape index (κ3) is 3.97. The highest BCUT2D eigenvalue weighted by atomic mass is 16.5. The van der Waals surface area contributed by atoms with Crippen molar-refractivity contribution in [3.05, 3.63) is 11.6 Å². The molecule has 4 heteroatoms. The van der Waals surface area contributed by atoms with E-state index in [0.717, 1.165) is 49.4 Å². The maximum Gasteiger partial charge on any atom is 0.305 e. The number of ether oxygens (including phenoxy) is 2. The summed E-state index contributed by atoms with van der Waals surface area (Å²) in [6.07, 6.45) is 13.7. The molecule has 31 heavy (non-hydrogen) atoms. The van der Waals surface area contributed by atoms with E-state index in [0.29, 0.717) is 17.8 Å². The summed E-state index contributed by atoms with van der Waals surface area (Å²) in [7, 11) is 1.49. The zero-order valence-electron chi connectivity index (χ0n) is 20.2. The van der Waals surface area contributed by atoms with Crippen LogP contribution >= 0.6 is 0 Å². The molecular weight excluding hydrogens is 388 g/mol. The van der Waals surface area contributed by atoms with Gasteiger partial charge in [0.15, 0.2) is 0 Å². The molecule has 8 atom stereocenters. The third-order valence-electron chi connectivity index (χ3n) is 10.2. The Hall–Kier alpha value is -1.32. The number of carbonyl (C=O) groups is 2. The van der Waals surface area contributed by atoms with E-state index in [4.69, 9.17) is 9.47 Å². The maximum absolute atomic E-state index is 11.7. The number of hydrogen-bond acceptors (Lipinski definition) is 4. The number of rotatable bonds is 5. The van der Waals surface area contributed by atoms with Crippen molar-refractivity contribution < 1.29 is 19.1 Å². The van der Waals surface area contributed by atoms with E-state index in [2.05, 4.69) is 26.8 Å². The molecule has 0 heterocycles. The second-order valence-electron chi connectivity index (χ2n) is 11.6. The van der Waals surface area contributed by atoms with Crippen LogP contribution in [0.3, 0.4) is 0 Å². The summed E-state index contributed by atoms with van der Waals surface area (Å²) in [6.45, 7) is 8.97. The summed E-state index contributed by atoms with van der Waals surface area (Å²) in [6, 6.07) is 0. The molecule has 3 saturated carbocycles. The summed E-state index contributed by atoms with van der Waals surface area (Å²) < 4.78 is 10.5. The third-order valence-corrected chi connectivity index (χ3v) is 10.2. The molecule has 0 aromatic rings. The van der Waals surface area contributed by atoms with Gasteiger partial charge in [-0.05, 0) is 91.8 Å². The highest BCUT2D eigenvalue weighted by molar-refractivity contribution is 5.69. The Balaban J connectivity index is 1.48. The average molecular weight is 431 g/mol. The standard InChI is InChI=1S/C27H42O4/c1-17(6-11-25(29)30-5)22-9-10-23-21-8-7-19-16-20(31-18(2)28)12-14-26(19,3)24(21)13-15-27(22,23)4/h7,17,20-24H,6,8-16H2,1-5H3/t17-,20+,21+,22-,23-,24+,26+,27-/m1/s1. The van der Waals surface area contributed by atoms with Crippen LogP contribution in [-0.2, 0) is 19.1 Å². The van der Waals surface area contributed by atoms with Crippen LogP contribution in [0.2, 0.25) is 0 Å². The predicted octanol–water partition coefficient (Wildman–Crippen LogP) is 6.09. The summed E-state index contributed by atoms with van der Waals surface area (Å²) in [4.78, 5) is 23.1. The zero-order chi connectivity index (χ0) is 22.4. The number of esters is 2. The van der Waals surface area contributed by atoms with Crippen molar-refractivity contribution >= 4 is 11.9 Å². The molecule has 4 rings (SSSR count). The van der Waals surface area contributed by atoms with Crippen LogP contribution in [0.25, 0.3) is 0 Å². The Kier molecular flexibility index (Phi) is 6.31. The number of carbonyl (C=O) groups excluding carboxylic acids is 2. The molecule has 0 unspecified atom stereocenters. The minimum Gasteiger partial charge on any atom is -0.469 e. The smallest absolute Gasteiger partial charge is 0.305 e. The van der Waals surface area contributed by atoms with Gasteiger partial charge in [0, 0.05) is 19.8 Å². The van der Waals surface area contributed by atoms with Gasteiger partial charge in [-0.3, -0.25) is 9.59 Å². The van der Waals surface area contributed by atoms with Gasteiger partial charge in [0.25, 0.3) is 0 Å². The van der Waals surface area contributed by atoms with Gasteiger partial charge < -0.3 is 9.47 Å². The molecule has 174 valence electrons. The number of methoxy groups -OCH3 is 1. The van der Waals surface area contributed by atoms with Gasteiger partial charge >= 0.3 is 11.9 Å². The first-order chi connectivity index (χ1) is 14.7. The summed E-state index contributed by atoms with van der Waals surface area (Å²) in [5, 5.41) is 0. The maximum atomic E-state index is 11.7. The van der Waals surface area contributed by atoms with Gasteiger partial charge in [0.1, 0.15) is 6.10 Å². The molecule has 0 aromatic carbocycles. The van der Waals surface area contributed by atoms with Crippen molar-refractivity contribution in [3.63, 3.8) is 0 Å². The van der Waals surface area contributed by atoms with Crippen LogP contribution in [0.15, 0.2) is 11.6 Å². The molecule has 0 bridgehead atoms. The van der Waals surface area contributed by atoms with Gasteiger partial charge in [0.05, 0.1) is 7.11 Å². The van der Waals surface area contributed by atoms with Gasteiger partial charge in [-0.2, -0.15) is 0 Å². The topological polar surface area (TPSA) is 52.6 Å². The largest absolute Gasteiger partial charge is 0.469 e. The Labute approximate surface area is 188 Å². The molecule has 0 aromatic heterocycles. The lowest BCUT2D eigenvalue weighted by atomic mass is 9.47. The van der Waals surface area contributed by atoms with Crippen molar-refractivity contribution in [2.45, 2.75) is 98.0 Å². The monoisotopic (exact) mass is 430 g/mol. The summed E-state index contributed by atoms with van der Waals surface area (Å²) >= 11 is 0.